The number of nitrogens with zero attached hydrogens (tertiary/aromatic N) is 1. The van der Waals surface area contributed by atoms with E-state index in [1.165, 1.54) is 0 Å². The predicted molar refractivity (Wildman–Crippen MR) is 88.9 cm³/mol. The van der Waals surface area contributed by atoms with E-state index < -0.39 is 5.09 Å². The van der Waals surface area contributed by atoms with Gasteiger partial charge in [-0.3, -0.25) is 0 Å². The van der Waals surface area contributed by atoms with Crippen LogP contribution in [0.5, 0.6) is 0 Å². The first-order valence-electron chi connectivity index (χ1n) is 8.88. The molecule has 3 atom stereocenters. The Morgan fingerprint density at radius 2 is 1.95 bits per heavy atom. The fourth-order valence-electron chi connectivity index (χ4n) is 4.58. The average Bonchev–Trinajstić information content (AvgIpc) is 2.51. The smallest absolute Gasteiger partial charge is 0.294 e. The van der Waals surface area contributed by atoms with Crippen LogP contribution in [0.2, 0.25) is 0 Å². The largest absolute Gasteiger partial charge is 0.330 e. The second-order valence-corrected chi connectivity index (χ2v) is 7.33. The molecule has 2 N–H and O–H groups in total. The molecule has 0 amide bonds. The van der Waals surface area contributed by atoms with Gasteiger partial charge in [0.1, 0.15) is 6.10 Å². The minimum Gasteiger partial charge on any atom is -0.330 e. The summed E-state index contributed by atoms with van der Waals surface area (Å²) in [6.45, 7) is 9.20. The van der Waals surface area contributed by atoms with E-state index >= 15 is 0 Å². The molecule has 0 aliphatic heterocycles. The summed E-state index contributed by atoms with van der Waals surface area (Å²) >= 11 is 0. The van der Waals surface area contributed by atoms with Crippen molar-refractivity contribution in [2.45, 2.75) is 85.2 Å². The second kappa shape index (κ2) is 8.14. The van der Waals surface area contributed by atoms with Crippen LogP contribution in [0.3, 0.4) is 0 Å². The number of hydrogen-bond acceptors (Lipinski definition) is 4. The van der Waals surface area contributed by atoms with Gasteiger partial charge in [-0.1, -0.05) is 46.5 Å². The molecule has 0 heterocycles. The van der Waals surface area contributed by atoms with Crippen LogP contribution in [0.25, 0.3) is 0 Å². The lowest BCUT2D eigenvalue weighted by Gasteiger charge is -2.53. The van der Waals surface area contributed by atoms with Crippen molar-refractivity contribution >= 4 is 0 Å². The van der Waals surface area contributed by atoms with Crippen LogP contribution in [-0.4, -0.2) is 17.7 Å². The highest BCUT2D eigenvalue weighted by Gasteiger charge is 2.49. The molecule has 0 aromatic heterocycles. The van der Waals surface area contributed by atoms with Gasteiger partial charge in [-0.2, -0.15) is 0 Å². The molecule has 5 heteroatoms. The zero-order valence-corrected chi connectivity index (χ0v) is 14.8. The third-order valence-electron chi connectivity index (χ3n) is 6.11. The molecule has 1 rings (SSSR count). The highest BCUT2D eigenvalue weighted by molar-refractivity contribution is 4.99. The summed E-state index contributed by atoms with van der Waals surface area (Å²) in [7, 11) is 0. The number of nitrogens with two attached hydrogens (primary N) is 1. The van der Waals surface area contributed by atoms with Crippen LogP contribution >= 0.6 is 0 Å². The monoisotopic (exact) mass is 314 g/mol. The first kappa shape index (κ1) is 19.2. The zero-order chi connectivity index (χ0) is 16.8. The summed E-state index contributed by atoms with van der Waals surface area (Å²) in [6, 6.07) is 0. The van der Waals surface area contributed by atoms with Crippen LogP contribution in [0, 0.1) is 26.9 Å². The van der Waals surface area contributed by atoms with Gasteiger partial charge in [-0.05, 0) is 55.9 Å². The van der Waals surface area contributed by atoms with Crippen molar-refractivity contribution in [1.82, 2.24) is 0 Å². The minimum atomic E-state index is -0.621. The Morgan fingerprint density at radius 1 is 1.32 bits per heavy atom. The maximum Gasteiger partial charge on any atom is 0.294 e. The standard InChI is InChI=1S/C17H34N2O3/c1-5-8-9-17(14(4)22-19(20)21)11-15(12-18)10-16(6-2,7-3)13-17/h14-15H,5-13,18H2,1-4H3. The van der Waals surface area contributed by atoms with E-state index in [0.29, 0.717) is 12.5 Å². The normalized spacial score (nSPS) is 29.0. The maximum absolute atomic E-state index is 10.9. The highest BCUT2D eigenvalue weighted by Crippen LogP contribution is 2.56. The fourth-order valence-corrected chi connectivity index (χ4v) is 4.58. The molecular formula is C17H34N2O3. The van der Waals surface area contributed by atoms with Crippen LogP contribution in [0.4, 0.5) is 0 Å². The van der Waals surface area contributed by atoms with Gasteiger partial charge in [-0.15, -0.1) is 10.1 Å². The lowest BCUT2D eigenvalue weighted by molar-refractivity contribution is -0.772. The second-order valence-electron chi connectivity index (χ2n) is 7.33. The topological polar surface area (TPSA) is 78.4 Å². The summed E-state index contributed by atoms with van der Waals surface area (Å²) in [6.07, 6.45) is 8.18. The molecule has 0 saturated heterocycles. The van der Waals surface area contributed by atoms with Crippen LogP contribution < -0.4 is 5.73 Å². The summed E-state index contributed by atoms with van der Waals surface area (Å²) in [5.74, 6) is 0.448. The van der Waals surface area contributed by atoms with Crippen molar-refractivity contribution in [2.75, 3.05) is 6.54 Å². The van der Waals surface area contributed by atoms with Crippen LogP contribution in [-0.2, 0) is 4.84 Å². The van der Waals surface area contributed by atoms with Gasteiger partial charge in [0.15, 0.2) is 0 Å². The Labute approximate surface area is 135 Å². The van der Waals surface area contributed by atoms with Crippen LogP contribution in [0.1, 0.15) is 79.1 Å². The molecule has 1 fully saturated rings. The predicted octanol–water partition coefficient (Wildman–Crippen LogP) is 4.33. The van der Waals surface area contributed by atoms with Gasteiger partial charge in [0.25, 0.3) is 5.09 Å². The molecule has 0 spiro atoms. The third kappa shape index (κ3) is 4.34. The van der Waals surface area contributed by atoms with Crippen molar-refractivity contribution < 1.29 is 9.92 Å². The summed E-state index contributed by atoms with van der Waals surface area (Å²) in [4.78, 5) is 15.9. The van der Waals surface area contributed by atoms with E-state index in [9.17, 15) is 10.1 Å². The zero-order valence-electron chi connectivity index (χ0n) is 14.8. The Bertz CT molecular complexity index is 358. The van der Waals surface area contributed by atoms with Crippen molar-refractivity contribution in [3.63, 3.8) is 0 Å². The Balaban J connectivity index is 3.11. The molecule has 0 bridgehead atoms. The lowest BCUT2D eigenvalue weighted by atomic mass is 9.54. The fraction of sp³-hybridized carbons (Fsp3) is 1.00. The van der Waals surface area contributed by atoms with Gasteiger partial charge < -0.3 is 10.6 Å². The summed E-state index contributed by atoms with van der Waals surface area (Å²) in [5, 5.41) is 10.3. The van der Waals surface area contributed by atoms with Gasteiger partial charge in [0.2, 0.25) is 0 Å². The van der Waals surface area contributed by atoms with Crippen molar-refractivity contribution in [1.29, 1.82) is 0 Å². The van der Waals surface area contributed by atoms with Crippen molar-refractivity contribution in [3.05, 3.63) is 10.1 Å². The average molecular weight is 314 g/mol. The molecule has 5 nitrogen and oxygen atoms in total. The van der Waals surface area contributed by atoms with Gasteiger partial charge in [-0.25, -0.2) is 0 Å². The number of unbranched alkanes of at least 4 members (excludes halogenated alkanes) is 1. The molecule has 1 aliphatic rings. The molecule has 1 saturated carbocycles. The Kier molecular flexibility index (Phi) is 7.10. The van der Waals surface area contributed by atoms with Gasteiger partial charge >= 0.3 is 0 Å². The van der Waals surface area contributed by atoms with E-state index in [0.717, 1.165) is 51.4 Å². The van der Waals surface area contributed by atoms with E-state index in [1.807, 2.05) is 6.92 Å². The van der Waals surface area contributed by atoms with E-state index in [-0.39, 0.29) is 16.9 Å². The molecule has 0 radical (unpaired) electrons. The van der Waals surface area contributed by atoms with Crippen LogP contribution in [0.15, 0.2) is 0 Å². The number of hydrogen-bond donors (Lipinski definition) is 1. The van der Waals surface area contributed by atoms with Crippen molar-refractivity contribution in [3.8, 4) is 0 Å². The number of rotatable bonds is 9. The quantitative estimate of drug-likeness (QED) is 0.507. The molecular weight excluding hydrogens is 280 g/mol. The third-order valence-corrected chi connectivity index (χ3v) is 6.11. The summed E-state index contributed by atoms with van der Waals surface area (Å²) < 4.78 is 0. The molecule has 3 unspecified atom stereocenters. The molecule has 22 heavy (non-hydrogen) atoms. The van der Waals surface area contributed by atoms with E-state index in [2.05, 4.69) is 20.8 Å². The van der Waals surface area contributed by atoms with Gasteiger partial charge in [0, 0.05) is 0 Å². The summed E-state index contributed by atoms with van der Waals surface area (Å²) in [5.41, 5.74) is 6.15. The minimum absolute atomic E-state index is 0.114. The van der Waals surface area contributed by atoms with E-state index in [4.69, 9.17) is 10.6 Å². The molecule has 0 aromatic rings. The SMILES string of the molecule is CCCCC1(C(C)O[N+](=O)[O-])CC(CN)CC(CC)(CC)C1. The molecule has 1 aliphatic carbocycles. The Hall–Kier alpha value is -0.840. The first-order valence-corrected chi connectivity index (χ1v) is 8.88. The Morgan fingerprint density at radius 3 is 2.41 bits per heavy atom. The first-order chi connectivity index (χ1) is 10.4. The lowest BCUT2D eigenvalue weighted by Crippen LogP contribution is -2.48. The van der Waals surface area contributed by atoms with Gasteiger partial charge in [0.05, 0.1) is 0 Å². The maximum atomic E-state index is 10.9. The highest BCUT2D eigenvalue weighted by atomic mass is 17.0. The van der Waals surface area contributed by atoms with Crippen molar-refractivity contribution in [2.24, 2.45) is 22.5 Å². The molecule has 0 aromatic carbocycles. The molecule has 130 valence electrons. The van der Waals surface area contributed by atoms with E-state index in [1.54, 1.807) is 0 Å².